The Balaban J connectivity index is 1.56. The highest BCUT2D eigenvalue weighted by Crippen LogP contribution is 2.64. The molecule has 0 saturated heterocycles. The fourth-order valence-corrected chi connectivity index (χ4v) is 6.48. The van der Waals surface area contributed by atoms with Gasteiger partial charge in [-0.2, -0.15) is 0 Å². The molecule has 3 aromatic rings. The van der Waals surface area contributed by atoms with Crippen molar-refractivity contribution in [1.82, 2.24) is 0 Å². The summed E-state index contributed by atoms with van der Waals surface area (Å²) in [6.07, 6.45) is -1.20. The lowest BCUT2D eigenvalue weighted by atomic mass is 9.59. The summed E-state index contributed by atoms with van der Waals surface area (Å²) in [5, 5.41) is 36.5. The number of ether oxygens (including phenoxy) is 1. The highest BCUT2D eigenvalue weighted by molar-refractivity contribution is 6.31. The summed E-state index contributed by atoms with van der Waals surface area (Å²) < 4.78 is 5.83. The van der Waals surface area contributed by atoms with Crippen molar-refractivity contribution in [3.05, 3.63) is 105 Å². The number of ketones is 2. The van der Waals surface area contributed by atoms with Crippen molar-refractivity contribution in [3.63, 3.8) is 0 Å². The molecule has 1 spiro atoms. The van der Waals surface area contributed by atoms with Gasteiger partial charge in [-0.3, -0.25) is 9.59 Å². The molecule has 36 heavy (non-hydrogen) atoms. The van der Waals surface area contributed by atoms with E-state index in [0.717, 1.165) is 0 Å². The van der Waals surface area contributed by atoms with E-state index < -0.39 is 52.7 Å². The summed E-state index contributed by atoms with van der Waals surface area (Å²) in [5.41, 5.74) is 0.879. The van der Waals surface area contributed by atoms with Crippen LogP contribution in [0.25, 0.3) is 0 Å². The van der Waals surface area contributed by atoms with Gasteiger partial charge < -0.3 is 25.4 Å². The Morgan fingerprint density at radius 1 is 0.861 bits per heavy atom. The van der Waals surface area contributed by atoms with Gasteiger partial charge in [-0.15, -0.1) is 0 Å². The fourth-order valence-electron chi connectivity index (χ4n) is 6.48. The number of aliphatic hydroxyl groups is 2. The number of fused-ring (bicyclic) bond motifs is 7. The third kappa shape index (κ3) is 2.21. The number of hydrogen-bond donors (Lipinski definition) is 4. The van der Waals surface area contributed by atoms with E-state index in [1.54, 1.807) is 55.5 Å². The molecule has 178 valence electrons. The molecule has 8 nitrogen and oxygen atoms in total. The third-order valence-electron chi connectivity index (χ3n) is 8.06. The molecule has 8 heteroatoms. The van der Waals surface area contributed by atoms with Crippen molar-refractivity contribution < 1.29 is 34.4 Å². The molecule has 4 N–H and O–H groups in total. The van der Waals surface area contributed by atoms with Gasteiger partial charge in [-0.05, 0) is 29.7 Å². The summed E-state index contributed by atoms with van der Waals surface area (Å²) >= 11 is 0. The summed E-state index contributed by atoms with van der Waals surface area (Å²) in [6.45, 7) is 1.57. The smallest absolute Gasteiger partial charge is 0.374 e. The summed E-state index contributed by atoms with van der Waals surface area (Å²) in [6, 6.07) is 14.1. The van der Waals surface area contributed by atoms with E-state index in [4.69, 9.17) is 4.74 Å². The number of aliphatic hydroxyl groups excluding tert-OH is 2. The number of benzene rings is 3. The van der Waals surface area contributed by atoms with Gasteiger partial charge in [0.2, 0.25) is 5.76 Å². The van der Waals surface area contributed by atoms with Crippen LogP contribution in [0.4, 0.5) is 5.69 Å². The SMILES string of the molecule is CC1=C(O)C(=O)O[C@@]12[C@@H]1c3cc(O)c4c(c3N[C@H]2c2ccccc2[C@H]1O)C(=O)c1ccccc1C4=O. The van der Waals surface area contributed by atoms with E-state index in [1.165, 1.54) is 6.07 Å². The Labute approximate surface area is 204 Å². The number of phenolic OH excluding ortho intramolecular Hbond substituents is 1. The number of esters is 1. The Morgan fingerprint density at radius 3 is 2.11 bits per heavy atom. The van der Waals surface area contributed by atoms with Gasteiger partial charge in [-0.25, -0.2) is 4.79 Å². The maximum Gasteiger partial charge on any atom is 0.374 e. The topological polar surface area (TPSA) is 133 Å². The molecular formula is C28H19NO7. The lowest BCUT2D eigenvalue weighted by molar-refractivity contribution is -0.157. The van der Waals surface area contributed by atoms with Gasteiger partial charge in [0.25, 0.3) is 0 Å². The standard InChI is InChI=1S/C28H19NO7/c1-11-22(31)27(35)36-28(11)20-16-10-17(30)18-19(24(33)13-7-3-2-6-12(13)23(18)32)21(16)29-26(28)15-9-5-4-8-14(15)25(20)34/h2-10,20,25-26,29-31,34H,1H3/t20-,25-,26+,28-/m1/s1. The van der Waals surface area contributed by atoms with Crippen molar-refractivity contribution in [3.8, 4) is 5.75 Å². The largest absolute Gasteiger partial charge is 0.507 e. The minimum atomic E-state index is -1.51. The first-order valence-corrected chi connectivity index (χ1v) is 11.5. The van der Waals surface area contributed by atoms with Crippen molar-refractivity contribution in [2.24, 2.45) is 0 Å². The molecule has 2 aliphatic carbocycles. The molecule has 0 aromatic heterocycles. The molecule has 2 heterocycles. The lowest BCUT2D eigenvalue weighted by Crippen LogP contribution is -2.55. The van der Waals surface area contributed by atoms with Crippen molar-refractivity contribution in [2.45, 2.75) is 30.6 Å². The molecule has 4 atom stereocenters. The first-order chi connectivity index (χ1) is 17.3. The maximum atomic E-state index is 13.7. The minimum absolute atomic E-state index is 0.0142. The van der Waals surface area contributed by atoms with Gasteiger partial charge in [0.05, 0.1) is 34.9 Å². The predicted molar refractivity (Wildman–Crippen MR) is 126 cm³/mol. The quantitative estimate of drug-likeness (QED) is 0.221. The summed E-state index contributed by atoms with van der Waals surface area (Å²) in [5.74, 6) is -3.75. The van der Waals surface area contributed by atoms with Crippen molar-refractivity contribution >= 4 is 23.2 Å². The number of nitrogens with one attached hydrogen (secondary N) is 1. The molecule has 2 bridgehead atoms. The molecule has 0 amide bonds. The van der Waals surface area contributed by atoms with Gasteiger partial charge in [0.1, 0.15) is 5.75 Å². The Morgan fingerprint density at radius 2 is 1.47 bits per heavy atom. The summed E-state index contributed by atoms with van der Waals surface area (Å²) in [7, 11) is 0. The monoisotopic (exact) mass is 481 g/mol. The Kier molecular flexibility index (Phi) is 3.84. The van der Waals surface area contributed by atoms with Crippen LogP contribution in [0.1, 0.15) is 73.5 Å². The van der Waals surface area contributed by atoms with Crippen LogP contribution in [0.2, 0.25) is 0 Å². The number of hydrogen-bond acceptors (Lipinski definition) is 8. The second kappa shape index (κ2) is 6.61. The van der Waals surface area contributed by atoms with E-state index in [1.807, 2.05) is 0 Å². The number of phenols is 1. The molecule has 4 aliphatic rings. The first kappa shape index (κ1) is 20.9. The van der Waals surface area contributed by atoms with Crippen LogP contribution in [0, 0.1) is 0 Å². The highest BCUT2D eigenvalue weighted by atomic mass is 16.6. The van der Waals surface area contributed by atoms with Gasteiger partial charge in [0, 0.05) is 16.7 Å². The van der Waals surface area contributed by atoms with Gasteiger partial charge in [-0.1, -0.05) is 48.5 Å². The molecule has 3 aromatic carbocycles. The van der Waals surface area contributed by atoms with E-state index in [9.17, 15) is 29.7 Å². The maximum absolute atomic E-state index is 13.7. The van der Waals surface area contributed by atoms with Crippen molar-refractivity contribution in [1.29, 1.82) is 0 Å². The van der Waals surface area contributed by atoms with E-state index in [0.29, 0.717) is 22.4 Å². The van der Waals surface area contributed by atoms with Crippen LogP contribution in [0.5, 0.6) is 5.75 Å². The molecule has 0 unspecified atom stereocenters. The fraction of sp³-hybridized carbons (Fsp3) is 0.179. The van der Waals surface area contributed by atoms with Crippen LogP contribution in [0.15, 0.2) is 65.9 Å². The van der Waals surface area contributed by atoms with Crippen LogP contribution in [-0.4, -0.2) is 38.5 Å². The first-order valence-electron chi connectivity index (χ1n) is 11.5. The Bertz CT molecular complexity index is 1620. The zero-order valence-corrected chi connectivity index (χ0v) is 18.9. The number of anilines is 1. The molecule has 7 rings (SSSR count). The normalized spacial score (nSPS) is 27.2. The molecular weight excluding hydrogens is 462 g/mol. The average Bonchev–Trinajstić information content (AvgIpc) is 3.09. The van der Waals surface area contributed by atoms with E-state index >= 15 is 0 Å². The molecule has 0 saturated carbocycles. The molecule has 0 fully saturated rings. The van der Waals surface area contributed by atoms with Crippen LogP contribution < -0.4 is 5.32 Å². The Hall–Kier alpha value is -4.43. The number of carbonyl (C=O) groups excluding carboxylic acids is 3. The van der Waals surface area contributed by atoms with Crippen LogP contribution >= 0.6 is 0 Å². The predicted octanol–water partition coefficient (Wildman–Crippen LogP) is 3.59. The number of rotatable bonds is 0. The second-order valence-electron chi connectivity index (χ2n) is 9.60. The van der Waals surface area contributed by atoms with Crippen LogP contribution in [0.3, 0.4) is 0 Å². The minimum Gasteiger partial charge on any atom is -0.507 e. The van der Waals surface area contributed by atoms with Gasteiger partial charge in [0.15, 0.2) is 17.2 Å². The highest BCUT2D eigenvalue weighted by Gasteiger charge is 2.65. The van der Waals surface area contributed by atoms with Crippen LogP contribution in [-0.2, 0) is 9.53 Å². The molecule has 0 radical (unpaired) electrons. The van der Waals surface area contributed by atoms with Gasteiger partial charge >= 0.3 is 5.97 Å². The summed E-state index contributed by atoms with van der Waals surface area (Å²) in [4.78, 5) is 39.6. The number of aromatic hydroxyl groups is 1. The van der Waals surface area contributed by atoms with Crippen molar-refractivity contribution in [2.75, 3.05) is 5.32 Å². The second-order valence-corrected chi connectivity index (χ2v) is 9.60. The van der Waals surface area contributed by atoms with E-state index in [-0.39, 0.29) is 27.8 Å². The zero-order valence-electron chi connectivity index (χ0n) is 18.9. The number of carbonyl (C=O) groups is 3. The van der Waals surface area contributed by atoms with E-state index in [2.05, 4.69) is 5.32 Å². The molecule has 2 aliphatic heterocycles. The lowest BCUT2D eigenvalue weighted by Gasteiger charge is -2.54. The zero-order chi connectivity index (χ0) is 25.1. The third-order valence-corrected chi connectivity index (χ3v) is 8.06. The average molecular weight is 481 g/mol.